The van der Waals surface area contributed by atoms with Gasteiger partial charge >= 0.3 is 5.97 Å². The third-order valence-corrected chi connectivity index (χ3v) is 5.94. The Morgan fingerprint density at radius 2 is 2.00 bits per heavy atom. The monoisotopic (exact) mass is 479 g/mol. The summed E-state index contributed by atoms with van der Waals surface area (Å²) in [5, 5.41) is 13.2. The number of thioether (sulfide) groups is 1. The highest BCUT2D eigenvalue weighted by Crippen LogP contribution is 2.35. The second-order valence-electron chi connectivity index (χ2n) is 7.19. The summed E-state index contributed by atoms with van der Waals surface area (Å²) in [6, 6.07) is 13.0. The summed E-state index contributed by atoms with van der Waals surface area (Å²) in [6.45, 7) is 3.97. The Morgan fingerprint density at radius 1 is 1.21 bits per heavy atom. The topological polar surface area (TPSA) is 114 Å². The Balaban J connectivity index is 1.90. The van der Waals surface area contributed by atoms with Crippen LogP contribution in [0.4, 0.5) is 5.69 Å². The van der Waals surface area contributed by atoms with E-state index in [0.29, 0.717) is 22.0 Å². The number of ether oxygens (including phenoxy) is 2. The number of para-hydroxylation sites is 1. The molecule has 0 unspecified atom stereocenters. The van der Waals surface area contributed by atoms with Gasteiger partial charge in [0.1, 0.15) is 23.5 Å². The van der Waals surface area contributed by atoms with Crippen molar-refractivity contribution in [3.63, 3.8) is 0 Å². The summed E-state index contributed by atoms with van der Waals surface area (Å²) in [5.41, 5.74) is 2.74. The van der Waals surface area contributed by atoms with Crippen molar-refractivity contribution in [1.82, 2.24) is 4.98 Å². The van der Waals surface area contributed by atoms with Gasteiger partial charge in [-0.2, -0.15) is 5.26 Å². The molecule has 176 valence electrons. The molecule has 0 aliphatic rings. The number of hydrogen-bond acceptors (Lipinski definition) is 8. The Hall–Kier alpha value is -3.61. The molecule has 3 rings (SSSR count). The van der Waals surface area contributed by atoms with Crippen LogP contribution in [0.25, 0.3) is 11.3 Å². The van der Waals surface area contributed by atoms with E-state index in [1.54, 1.807) is 19.1 Å². The fraction of sp³-hybridized carbons (Fsp3) is 0.280. The molecule has 3 aromatic rings. The number of nitrogens with zero attached hydrogens (tertiary/aromatic N) is 2. The Bertz CT molecular complexity index is 1200. The highest BCUT2D eigenvalue weighted by molar-refractivity contribution is 8.00. The van der Waals surface area contributed by atoms with Gasteiger partial charge in [-0.15, -0.1) is 0 Å². The lowest BCUT2D eigenvalue weighted by Crippen LogP contribution is -2.17. The van der Waals surface area contributed by atoms with Crippen molar-refractivity contribution in [3.05, 3.63) is 65.0 Å². The van der Waals surface area contributed by atoms with E-state index in [9.17, 15) is 14.9 Å². The SMILES string of the molecule is CCc1ccccc1NC(=O)CSc1nc(C)c(C(=O)OCCOC)c(-c2ccco2)c1C#N. The fourth-order valence-corrected chi connectivity index (χ4v) is 4.20. The number of benzene rings is 1. The molecule has 0 aliphatic carbocycles. The fourth-order valence-electron chi connectivity index (χ4n) is 3.36. The van der Waals surface area contributed by atoms with Crippen LogP contribution in [0.5, 0.6) is 0 Å². The zero-order chi connectivity index (χ0) is 24.5. The molecule has 0 radical (unpaired) electrons. The van der Waals surface area contributed by atoms with Crippen molar-refractivity contribution in [2.45, 2.75) is 25.3 Å². The normalized spacial score (nSPS) is 10.5. The number of aryl methyl sites for hydroxylation is 2. The van der Waals surface area contributed by atoms with Crippen LogP contribution in [0.2, 0.25) is 0 Å². The van der Waals surface area contributed by atoms with Gasteiger partial charge in [0.25, 0.3) is 0 Å². The minimum atomic E-state index is -0.629. The van der Waals surface area contributed by atoms with E-state index in [4.69, 9.17) is 13.9 Å². The number of nitriles is 1. The van der Waals surface area contributed by atoms with Crippen molar-refractivity contribution in [2.24, 2.45) is 0 Å². The first-order valence-corrected chi connectivity index (χ1v) is 11.6. The maximum absolute atomic E-state index is 12.8. The van der Waals surface area contributed by atoms with Gasteiger partial charge in [0.15, 0.2) is 0 Å². The number of carbonyl (C=O) groups excluding carboxylic acids is 2. The van der Waals surface area contributed by atoms with Crippen LogP contribution >= 0.6 is 11.8 Å². The standard InChI is InChI=1S/C25H25N3O5S/c1-4-17-8-5-6-9-19(17)28-21(29)15-34-24-18(14-26)23(20-10-7-11-32-20)22(16(2)27-24)25(30)33-13-12-31-3/h5-11H,4,12-13,15H2,1-3H3,(H,28,29). The predicted molar refractivity (Wildman–Crippen MR) is 129 cm³/mol. The van der Waals surface area contributed by atoms with Gasteiger partial charge in [-0.3, -0.25) is 4.79 Å². The molecule has 0 spiro atoms. The van der Waals surface area contributed by atoms with Crippen molar-refractivity contribution >= 4 is 29.3 Å². The zero-order valence-electron chi connectivity index (χ0n) is 19.2. The summed E-state index contributed by atoms with van der Waals surface area (Å²) in [6.07, 6.45) is 2.25. The molecule has 1 aromatic carbocycles. The molecule has 0 bridgehead atoms. The van der Waals surface area contributed by atoms with E-state index in [-0.39, 0.29) is 36.0 Å². The van der Waals surface area contributed by atoms with Crippen molar-refractivity contribution in [1.29, 1.82) is 5.26 Å². The number of amides is 1. The molecule has 2 heterocycles. The first-order valence-electron chi connectivity index (χ1n) is 10.6. The number of methoxy groups -OCH3 is 1. The maximum atomic E-state index is 12.8. The van der Waals surface area contributed by atoms with E-state index in [1.165, 1.54) is 13.4 Å². The molecule has 0 atom stereocenters. The lowest BCUT2D eigenvalue weighted by atomic mass is 9.99. The van der Waals surface area contributed by atoms with Crippen molar-refractivity contribution in [3.8, 4) is 17.4 Å². The first-order chi connectivity index (χ1) is 16.5. The zero-order valence-corrected chi connectivity index (χ0v) is 20.0. The number of aromatic nitrogens is 1. The third kappa shape index (κ3) is 5.84. The van der Waals surface area contributed by atoms with Gasteiger partial charge in [-0.25, -0.2) is 9.78 Å². The first kappa shape index (κ1) is 25.0. The molecule has 34 heavy (non-hydrogen) atoms. The molecular weight excluding hydrogens is 454 g/mol. The molecule has 0 fully saturated rings. The highest BCUT2D eigenvalue weighted by atomic mass is 32.2. The van der Waals surface area contributed by atoms with Crippen LogP contribution in [0.1, 0.15) is 34.1 Å². The van der Waals surface area contributed by atoms with Crippen LogP contribution in [-0.2, 0) is 20.7 Å². The quantitative estimate of drug-likeness (QED) is 0.255. The van der Waals surface area contributed by atoms with E-state index < -0.39 is 5.97 Å². The molecule has 2 aromatic heterocycles. The van der Waals surface area contributed by atoms with Gasteiger partial charge in [-0.05, 0) is 37.1 Å². The lowest BCUT2D eigenvalue weighted by molar-refractivity contribution is -0.113. The molecular formula is C25H25N3O5S. The Labute approximate surface area is 202 Å². The van der Waals surface area contributed by atoms with Crippen LogP contribution in [-0.4, -0.2) is 42.9 Å². The number of furan rings is 1. The molecule has 1 N–H and O–H groups in total. The van der Waals surface area contributed by atoms with Crippen LogP contribution in [0.3, 0.4) is 0 Å². The minimum absolute atomic E-state index is 0.0361. The molecule has 0 saturated carbocycles. The summed E-state index contributed by atoms with van der Waals surface area (Å²) >= 11 is 1.12. The Morgan fingerprint density at radius 3 is 2.68 bits per heavy atom. The van der Waals surface area contributed by atoms with Gasteiger partial charge in [-0.1, -0.05) is 36.9 Å². The summed E-state index contributed by atoms with van der Waals surface area (Å²) in [5.74, 6) is -0.481. The number of nitrogens with one attached hydrogen (secondary N) is 1. The smallest absolute Gasteiger partial charge is 0.340 e. The van der Waals surface area contributed by atoms with Crippen molar-refractivity contribution < 1.29 is 23.5 Å². The van der Waals surface area contributed by atoms with Crippen LogP contribution in [0.15, 0.2) is 52.1 Å². The second-order valence-corrected chi connectivity index (χ2v) is 8.16. The van der Waals surface area contributed by atoms with E-state index in [2.05, 4.69) is 16.4 Å². The number of rotatable bonds is 10. The summed E-state index contributed by atoms with van der Waals surface area (Å²) in [4.78, 5) is 29.9. The molecule has 1 amide bonds. The van der Waals surface area contributed by atoms with Gasteiger partial charge in [0.05, 0.1) is 41.0 Å². The average Bonchev–Trinajstić information content (AvgIpc) is 3.37. The highest BCUT2D eigenvalue weighted by Gasteiger charge is 2.27. The van der Waals surface area contributed by atoms with E-state index in [0.717, 1.165) is 29.4 Å². The minimum Gasteiger partial charge on any atom is -0.464 e. The number of carbonyl (C=O) groups is 2. The van der Waals surface area contributed by atoms with Gasteiger partial charge in [0, 0.05) is 12.8 Å². The maximum Gasteiger partial charge on any atom is 0.340 e. The van der Waals surface area contributed by atoms with E-state index >= 15 is 0 Å². The van der Waals surface area contributed by atoms with Crippen LogP contribution in [0, 0.1) is 18.3 Å². The molecule has 8 nitrogen and oxygen atoms in total. The van der Waals surface area contributed by atoms with Gasteiger partial charge < -0.3 is 19.2 Å². The largest absolute Gasteiger partial charge is 0.464 e. The third-order valence-electron chi connectivity index (χ3n) is 4.96. The molecule has 9 heteroatoms. The van der Waals surface area contributed by atoms with Gasteiger partial charge in [0.2, 0.25) is 5.91 Å². The number of esters is 1. The summed E-state index contributed by atoms with van der Waals surface area (Å²) < 4.78 is 15.7. The molecule has 0 aliphatic heterocycles. The number of anilines is 1. The second kappa shape index (κ2) is 12.0. The predicted octanol–water partition coefficient (Wildman–Crippen LogP) is 4.62. The number of pyridine rings is 1. The van der Waals surface area contributed by atoms with E-state index in [1.807, 2.05) is 31.2 Å². The van der Waals surface area contributed by atoms with Crippen LogP contribution < -0.4 is 5.32 Å². The van der Waals surface area contributed by atoms with Crippen molar-refractivity contribution in [2.75, 3.05) is 31.4 Å². The number of hydrogen-bond donors (Lipinski definition) is 1. The Kier molecular flexibility index (Phi) is 8.85. The lowest BCUT2D eigenvalue weighted by Gasteiger charge is -2.15. The average molecular weight is 480 g/mol. The summed E-state index contributed by atoms with van der Waals surface area (Å²) in [7, 11) is 1.51. The molecule has 0 saturated heterocycles.